The fourth-order valence-electron chi connectivity index (χ4n) is 1.82. The Morgan fingerprint density at radius 3 is 2.56 bits per heavy atom. The number of aliphatic hydroxyl groups is 1. The fraction of sp³-hybridized carbons (Fsp3) is 0.231. The van der Waals surface area contributed by atoms with Crippen LogP contribution >= 0.6 is 0 Å². The van der Waals surface area contributed by atoms with E-state index >= 15 is 0 Å². The number of hydrogen-bond donors (Lipinski definition) is 3. The highest BCUT2D eigenvalue weighted by Crippen LogP contribution is 2.20. The zero-order valence-electron chi connectivity index (χ0n) is 9.64. The van der Waals surface area contributed by atoms with E-state index in [1.807, 2.05) is 0 Å². The van der Waals surface area contributed by atoms with Crippen molar-refractivity contribution in [3.05, 3.63) is 41.3 Å². The number of ketones is 1. The molecule has 0 unspecified atom stereocenters. The van der Waals surface area contributed by atoms with Crippen LogP contribution in [-0.2, 0) is 4.79 Å². The third-order valence-corrected chi connectivity index (χ3v) is 2.77. The summed E-state index contributed by atoms with van der Waals surface area (Å²) in [5.41, 5.74) is 0.00526. The van der Waals surface area contributed by atoms with Gasteiger partial charge in [-0.3, -0.25) is 9.59 Å². The van der Waals surface area contributed by atoms with Crippen molar-refractivity contribution in [3.8, 4) is 5.75 Å². The van der Waals surface area contributed by atoms with Gasteiger partial charge in [0, 0.05) is 12.8 Å². The molecule has 3 N–H and O–H groups in total. The maximum atomic E-state index is 11.9. The molecule has 1 amide bonds. The number of phenols is 1. The Bertz CT molecular complexity index is 534. The van der Waals surface area contributed by atoms with Gasteiger partial charge in [0.25, 0.3) is 5.91 Å². The number of aromatic hydroxyl groups is 1. The average molecular weight is 247 g/mol. The summed E-state index contributed by atoms with van der Waals surface area (Å²) >= 11 is 0. The second-order valence-corrected chi connectivity index (χ2v) is 4.07. The maximum absolute atomic E-state index is 11.9. The lowest BCUT2D eigenvalue weighted by Crippen LogP contribution is -2.30. The van der Waals surface area contributed by atoms with Crippen LogP contribution in [0.2, 0.25) is 0 Å². The standard InChI is InChI=1S/C13H13NO4/c15-9-5-2-1-4-8(9)13(18)14-12-10(16)6-3-7-11(12)17/h1-2,4-5,15-16H,3,6-7H2,(H,14,18). The molecule has 5 nitrogen and oxygen atoms in total. The number of nitrogens with one attached hydrogen (secondary N) is 1. The van der Waals surface area contributed by atoms with Gasteiger partial charge in [0.05, 0.1) is 5.56 Å². The molecular formula is C13H13NO4. The van der Waals surface area contributed by atoms with Crippen molar-refractivity contribution >= 4 is 11.7 Å². The topological polar surface area (TPSA) is 86.6 Å². The van der Waals surface area contributed by atoms with Crippen LogP contribution < -0.4 is 5.32 Å². The molecule has 2 rings (SSSR count). The molecule has 18 heavy (non-hydrogen) atoms. The normalized spacial score (nSPS) is 15.7. The maximum Gasteiger partial charge on any atom is 0.259 e. The lowest BCUT2D eigenvalue weighted by atomic mass is 10.0. The third-order valence-electron chi connectivity index (χ3n) is 2.77. The Labute approximate surface area is 104 Å². The molecule has 0 spiro atoms. The Kier molecular flexibility index (Phi) is 3.32. The van der Waals surface area contributed by atoms with Gasteiger partial charge in [0.2, 0.25) is 0 Å². The lowest BCUT2D eigenvalue weighted by molar-refractivity contribution is -0.116. The minimum absolute atomic E-state index is 0.0606. The molecule has 0 fully saturated rings. The van der Waals surface area contributed by atoms with Gasteiger partial charge < -0.3 is 15.5 Å². The lowest BCUT2D eigenvalue weighted by Gasteiger charge is -2.16. The van der Waals surface area contributed by atoms with Crippen molar-refractivity contribution in [3.63, 3.8) is 0 Å². The molecule has 0 bridgehead atoms. The molecule has 1 aliphatic carbocycles. The first-order chi connectivity index (χ1) is 8.59. The van der Waals surface area contributed by atoms with Gasteiger partial charge in [-0.1, -0.05) is 12.1 Å². The Morgan fingerprint density at radius 2 is 1.89 bits per heavy atom. The monoisotopic (exact) mass is 247 g/mol. The molecule has 1 aromatic rings. The van der Waals surface area contributed by atoms with Gasteiger partial charge in [-0.15, -0.1) is 0 Å². The summed E-state index contributed by atoms with van der Waals surface area (Å²) in [6.07, 6.45) is 1.27. The van der Waals surface area contributed by atoms with E-state index in [9.17, 15) is 19.8 Å². The second kappa shape index (κ2) is 4.91. The predicted octanol–water partition coefficient (Wildman–Crippen LogP) is 1.64. The van der Waals surface area contributed by atoms with Crippen LogP contribution in [0.3, 0.4) is 0 Å². The molecule has 0 aromatic heterocycles. The summed E-state index contributed by atoms with van der Waals surface area (Å²) in [7, 11) is 0. The van der Waals surface area contributed by atoms with Crippen molar-refractivity contribution in [2.75, 3.05) is 0 Å². The average Bonchev–Trinajstić information content (AvgIpc) is 2.34. The summed E-state index contributed by atoms with van der Waals surface area (Å²) in [4.78, 5) is 23.4. The number of carbonyl (C=O) groups is 2. The summed E-state index contributed by atoms with van der Waals surface area (Å²) in [5, 5.41) is 21.5. The van der Waals surface area contributed by atoms with Crippen LogP contribution in [0.5, 0.6) is 5.75 Å². The molecule has 0 saturated carbocycles. The van der Waals surface area contributed by atoms with Crippen LogP contribution in [0.4, 0.5) is 0 Å². The minimum Gasteiger partial charge on any atom is -0.510 e. The number of Topliss-reactive ketones (excluding diaryl/α,β-unsaturated/α-hetero) is 1. The van der Waals surface area contributed by atoms with Crippen molar-refractivity contribution in [1.29, 1.82) is 0 Å². The van der Waals surface area contributed by atoms with Crippen molar-refractivity contribution in [2.24, 2.45) is 0 Å². The molecule has 0 atom stereocenters. The van der Waals surface area contributed by atoms with Crippen LogP contribution in [0.1, 0.15) is 29.6 Å². The Hall–Kier alpha value is -2.30. The number of allylic oxidation sites excluding steroid dienone is 2. The molecule has 5 heteroatoms. The van der Waals surface area contributed by atoms with Crippen molar-refractivity contribution < 1.29 is 19.8 Å². The third kappa shape index (κ3) is 2.34. The van der Waals surface area contributed by atoms with Crippen LogP contribution in [0.25, 0.3) is 0 Å². The van der Waals surface area contributed by atoms with E-state index in [2.05, 4.69) is 5.32 Å². The molecule has 0 saturated heterocycles. The van der Waals surface area contributed by atoms with Gasteiger partial charge in [-0.25, -0.2) is 0 Å². The summed E-state index contributed by atoms with van der Waals surface area (Å²) in [5.74, 6) is -1.17. The molecule has 0 aliphatic heterocycles. The molecular weight excluding hydrogens is 234 g/mol. The smallest absolute Gasteiger partial charge is 0.259 e. The number of benzene rings is 1. The molecule has 0 radical (unpaired) electrons. The van der Waals surface area contributed by atoms with Crippen LogP contribution in [0, 0.1) is 0 Å². The van der Waals surface area contributed by atoms with Gasteiger partial charge in [0.15, 0.2) is 5.78 Å². The van der Waals surface area contributed by atoms with E-state index in [0.717, 1.165) is 0 Å². The van der Waals surface area contributed by atoms with E-state index in [1.54, 1.807) is 12.1 Å². The first-order valence-electron chi connectivity index (χ1n) is 5.64. The van der Waals surface area contributed by atoms with Crippen molar-refractivity contribution in [1.82, 2.24) is 5.32 Å². The Morgan fingerprint density at radius 1 is 1.17 bits per heavy atom. The molecule has 0 heterocycles. The largest absolute Gasteiger partial charge is 0.510 e. The zero-order valence-corrected chi connectivity index (χ0v) is 9.64. The van der Waals surface area contributed by atoms with Gasteiger partial charge in [-0.05, 0) is 18.6 Å². The number of carbonyl (C=O) groups excluding carboxylic acids is 2. The Balaban J connectivity index is 2.22. The number of rotatable bonds is 2. The summed E-state index contributed by atoms with van der Waals surface area (Å²) in [6.45, 7) is 0. The quantitative estimate of drug-likeness (QED) is 0.741. The number of amides is 1. The van der Waals surface area contributed by atoms with E-state index in [-0.39, 0.29) is 28.6 Å². The predicted molar refractivity (Wildman–Crippen MR) is 64.1 cm³/mol. The zero-order chi connectivity index (χ0) is 13.1. The van der Waals surface area contributed by atoms with Crippen LogP contribution in [0.15, 0.2) is 35.7 Å². The van der Waals surface area contributed by atoms with Crippen molar-refractivity contribution in [2.45, 2.75) is 19.3 Å². The highest BCUT2D eigenvalue weighted by atomic mass is 16.3. The van der Waals surface area contributed by atoms with E-state index in [0.29, 0.717) is 19.3 Å². The highest BCUT2D eigenvalue weighted by molar-refractivity contribution is 6.05. The molecule has 1 aliphatic rings. The summed E-state index contributed by atoms with van der Waals surface area (Å²) in [6, 6.07) is 6.02. The van der Waals surface area contributed by atoms with E-state index < -0.39 is 5.91 Å². The number of phenolic OH excluding ortho intramolecular Hbond substituents is 1. The number of para-hydroxylation sites is 1. The molecule has 94 valence electrons. The minimum atomic E-state index is -0.607. The SMILES string of the molecule is O=C1CCCC(O)=C1NC(=O)c1ccccc1O. The summed E-state index contributed by atoms with van der Waals surface area (Å²) < 4.78 is 0. The van der Waals surface area contributed by atoms with E-state index in [4.69, 9.17) is 0 Å². The highest BCUT2D eigenvalue weighted by Gasteiger charge is 2.23. The van der Waals surface area contributed by atoms with E-state index in [1.165, 1.54) is 12.1 Å². The first kappa shape index (κ1) is 12.2. The van der Waals surface area contributed by atoms with Gasteiger partial charge in [-0.2, -0.15) is 0 Å². The first-order valence-corrected chi connectivity index (χ1v) is 5.64. The fourth-order valence-corrected chi connectivity index (χ4v) is 1.82. The second-order valence-electron chi connectivity index (χ2n) is 4.07. The van der Waals surface area contributed by atoms with Gasteiger partial charge in [0.1, 0.15) is 17.2 Å². The van der Waals surface area contributed by atoms with Crippen LogP contribution in [-0.4, -0.2) is 21.9 Å². The molecule has 1 aromatic carbocycles. The number of hydrogen-bond acceptors (Lipinski definition) is 4. The number of aliphatic hydroxyl groups excluding tert-OH is 1. The van der Waals surface area contributed by atoms with Gasteiger partial charge >= 0.3 is 0 Å².